The van der Waals surface area contributed by atoms with Gasteiger partial charge < -0.3 is 14.5 Å². The van der Waals surface area contributed by atoms with Crippen LogP contribution in [0.5, 0.6) is 0 Å². The van der Waals surface area contributed by atoms with Crippen molar-refractivity contribution in [1.29, 1.82) is 0 Å². The van der Waals surface area contributed by atoms with E-state index in [0.717, 1.165) is 11.8 Å². The van der Waals surface area contributed by atoms with Crippen LogP contribution < -0.4 is 5.32 Å². The van der Waals surface area contributed by atoms with Crippen LogP contribution in [0, 0.1) is 17.5 Å². The zero-order valence-electron chi connectivity index (χ0n) is 11.4. The van der Waals surface area contributed by atoms with Crippen molar-refractivity contribution in [2.75, 3.05) is 13.2 Å². The van der Waals surface area contributed by atoms with E-state index < -0.39 is 17.5 Å². The molecule has 2 rings (SSSR count). The minimum atomic E-state index is -1.18. The number of rotatable bonds is 8. The van der Waals surface area contributed by atoms with E-state index in [1.807, 2.05) is 6.07 Å². The van der Waals surface area contributed by atoms with E-state index in [0.29, 0.717) is 32.2 Å². The first kappa shape index (κ1) is 15.6. The molecule has 0 bridgehead atoms. The fourth-order valence-electron chi connectivity index (χ4n) is 1.79. The number of nitrogens with one attached hydrogen (secondary N) is 1. The molecule has 0 atom stereocenters. The predicted molar refractivity (Wildman–Crippen MR) is 71.0 cm³/mol. The molecule has 21 heavy (non-hydrogen) atoms. The second-order valence-electron chi connectivity index (χ2n) is 4.52. The highest BCUT2D eigenvalue weighted by molar-refractivity contribution is 5.19. The number of ether oxygens (including phenoxy) is 1. The fraction of sp³-hybridized carbons (Fsp3) is 0.333. The molecule has 2 aromatic rings. The number of halogens is 3. The van der Waals surface area contributed by atoms with Crippen LogP contribution in [0.1, 0.15) is 17.7 Å². The van der Waals surface area contributed by atoms with Crippen LogP contribution in [0.3, 0.4) is 0 Å². The van der Waals surface area contributed by atoms with E-state index in [2.05, 4.69) is 5.32 Å². The van der Waals surface area contributed by atoms with E-state index in [1.165, 1.54) is 0 Å². The van der Waals surface area contributed by atoms with Gasteiger partial charge in [0.25, 0.3) is 0 Å². The molecule has 0 amide bonds. The lowest BCUT2D eigenvalue weighted by Crippen LogP contribution is -2.17. The molecule has 0 spiro atoms. The molecule has 0 aliphatic carbocycles. The van der Waals surface area contributed by atoms with Gasteiger partial charge in [0.05, 0.1) is 6.26 Å². The SMILES string of the molecule is Fc1cc(F)c(CNCCCOCc2ccco2)cc1F. The summed E-state index contributed by atoms with van der Waals surface area (Å²) in [6, 6.07) is 5.03. The number of furan rings is 1. The van der Waals surface area contributed by atoms with Gasteiger partial charge in [-0.05, 0) is 31.2 Å². The maximum Gasteiger partial charge on any atom is 0.161 e. The number of benzene rings is 1. The van der Waals surface area contributed by atoms with Crippen LogP contribution in [-0.2, 0) is 17.9 Å². The summed E-state index contributed by atoms with van der Waals surface area (Å²) in [5.41, 5.74) is 0.102. The summed E-state index contributed by atoms with van der Waals surface area (Å²) < 4.78 is 49.5. The maximum absolute atomic E-state index is 13.3. The van der Waals surface area contributed by atoms with Crippen molar-refractivity contribution >= 4 is 0 Å². The minimum absolute atomic E-state index is 0.102. The van der Waals surface area contributed by atoms with Gasteiger partial charge in [-0.15, -0.1) is 0 Å². The number of hydrogen-bond acceptors (Lipinski definition) is 3. The molecule has 0 saturated carbocycles. The van der Waals surface area contributed by atoms with Gasteiger partial charge in [0, 0.05) is 24.8 Å². The Hall–Kier alpha value is -1.79. The average Bonchev–Trinajstić information content (AvgIpc) is 2.96. The molecular formula is C15H16F3NO2. The molecule has 0 saturated heterocycles. The summed E-state index contributed by atoms with van der Waals surface area (Å²) in [7, 11) is 0. The smallest absolute Gasteiger partial charge is 0.161 e. The van der Waals surface area contributed by atoms with Crippen molar-refractivity contribution in [3.8, 4) is 0 Å². The lowest BCUT2D eigenvalue weighted by molar-refractivity contribution is 0.104. The van der Waals surface area contributed by atoms with Crippen molar-refractivity contribution in [3.63, 3.8) is 0 Å². The molecule has 0 fully saturated rings. The van der Waals surface area contributed by atoms with E-state index in [9.17, 15) is 13.2 Å². The van der Waals surface area contributed by atoms with E-state index in [1.54, 1.807) is 12.3 Å². The standard InChI is InChI=1S/C15H16F3NO2/c16-13-8-15(18)14(17)7-11(13)9-19-4-2-5-20-10-12-3-1-6-21-12/h1,3,6-8,19H,2,4-5,9-10H2. The topological polar surface area (TPSA) is 34.4 Å². The van der Waals surface area contributed by atoms with Gasteiger partial charge in [-0.2, -0.15) is 0 Å². The molecule has 1 aromatic heterocycles. The summed E-state index contributed by atoms with van der Waals surface area (Å²) in [6.45, 7) is 1.65. The molecule has 0 unspecified atom stereocenters. The Kier molecular flexibility index (Phi) is 5.83. The van der Waals surface area contributed by atoms with Crippen LogP contribution in [-0.4, -0.2) is 13.2 Å². The van der Waals surface area contributed by atoms with Gasteiger partial charge in [-0.25, -0.2) is 13.2 Å². The van der Waals surface area contributed by atoms with Crippen LogP contribution in [0.4, 0.5) is 13.2 Å². The van der Waals surface area contributed by atoms with Crippen molar-refractivity contribution in [3.05, 3.63) is 59.3 Å². The summed E-state index contributed by atoms with van der Waals surface area (Å²) in [4.78, 5) is 0. The average molecular weight is 299 g/mol. The third kappa shape index (κ3) is 4.91. The molecule has 0 aliphatic heterocycles. The summed E-state index contributed by atoms with van der Waals surface area (Å²) in [5.74, 6) is -2.22. The van der Waals surface area contributed by atoms with Crippen LogP contribution in [0.15, 0.2) is 34.9 Å². The molecule has 6 heteroatoms. The predicted octanol–water partition coefficient (Wildman–Crippen LogP) is 3.39. The Bertz CT molecular complexity index is 558. The van der Waals surface area contributed by atoms with Crippen molar-refractivity contribution < 1.29 is 22.3 Å². The van der Waals surface area contributed by atoms with Crippen LogP contribution in [0.25, 0.3) is 0 Å². The molecule has 1 heterocycles. The lowest BCUT2D eigenvalue weighted by atomic mass is 10.2. The van der Waals surface area contributed by atoms with Crippen molar-refractivity contribution in [1.82, 2.24) is 5.32 Å². The Morgan fingerprint density at radius 3 is 2.67 bits per heavy atom. The monoisotopic (exact) mass is 299 g/mol. The van der Waals surface area contributed by atoms with Gasteiger partial charge in [-0.1, -0.05) is 0 Å². The van der Waals surface area contributed by atoms with Crippen LogP contribution in [0.2, 0.25) is 0 Å². The molecular weight excluding hydrogens is 283 g/mol. The molecule has 114 valence electrons. The zero-order valence-corrected chi connectivity index (χ0v) is 11.4. The summed E-state index contributed by atoms with van der Waals surface area (Å²) in [6.07, 6.45) is 2.29. The summed E-state index contributed by atoms with van der Waals surface area (Å²) in [5, 5.41) is 2.95. The Morgan fingerprint density at radius 2 is 1.90 bits per heavy atom. The molecule has 0 aliphatic rings. The highest BCUT2D eigenvalue weighted by atomic mass is 19.2. The molecule has 3 nitrogen and oxygen atoms in total. The van der Waals surface area contributed by atoms with Crippen LogP contribution >= 0.6 is 0 Å². The highest BCUT2D eigenvalue weighted by Crippen LogP contribution is 2.13. The normalized spacial score (nSPS) is 11.0. The largest absolute Gasteiger partial charge is 0.467 e. The second-order valence-corrected chi connectivity index (χ2v) is 4.52. The molecule has 1 aromatic carbocycles. The maximum atomic E-state index is 13.3. The van der Waals surface area contributed by atoms with Gasteiger partial charge >= 0.3 is 0 Å². The quantitative estimate of drug-likeness (QED) is 0.599. The van der Waals surface area contributed by atoms with E-state index in [-0.39, 0.29) is 12.1 Å². The van der Waals surface area contributed by atoms with Gasteiger partial charge in [0.1, 0.15) is 18.2 Å². The van der Waals surface area contributed by atoms with E-state index in [4.69, 9.17) is 9.15 Å². The van der Waals surface area contributed by atoms with Gasteiger partial charge in [0.15, 0.2) is 11.6 Å². The third-order valence-corrected chi connectivity index (χ3v) is 2.87. The first-order valence-corrected chi connectivity index (χ1v) is 6.61. The minimum Gasteiger partial charge on any atom is -0.467 e. The van der Waals surface area contributed by atoms with E-state index >= 15 is 0 Å². The Labute approximate surface area is 120 Å². The lowest BCUT2D eigenvalue weighted by Gasteiger charge is -2.07. The first-order chi connectivity index (χ1) is 10.2. The van der Waals surface area contributed by atoms with Crippen molar-refractivity contribution in [2.45, 2.75) is 19.6 Å². The molecule has 1 N–H and O–H groups in total. The van der Waals surface area contributed by atoms with Gasteiger partial charge in [0.2, 0.25) is 0 Å². The fourth-order valence-corrected chi connectivity index (χ4v) is 1.79. The highest BCUT2D eigenvalue weighted by Gasteiger charge is 2.09. The first-order valence-electron chi connectivity index (χ1n) is 6.61. The van der Waals surface area contributed by atoms with Gasteiger partial charge in [-0.3, -0.25) is 0 Å². The zero-order chi connectivity index (χ0) is 15.1. The Balaban J connectivity index is 1.60. The number of hydrogen-bond donors (Lipinski definition) is 1. The Morgan fingerprint density at radius 1 is 1.10 bits per heavy atom. The third-order valence-electron chi connectivity index (χ3n) is 2.87. The summed E-state index contributed by atoms with van der Waals surface area (Å²) >= 11 is 0. The van der Waals surface area contributed by atoms with Crippen molar-refractivity contribution in [2.24, 2.45) is 0 Å². The second kappa shape index (κ2) is 7.85. The molecule has 0 radical (unpaired) electrons.